The van der Waals surface area contributed by atoms with Crippen LogP contribution in [0, 0.1) is 11.8 Å². The summed E-state index contributed by atoms with van der Waals surface area (Å²) in [7, 11) is -4.99. The molecule has 0 aromatic carbocycles. The quantitative estimate of drug-likeness (QED) is 0.341. The molecule has 1 aliphatic heterocycles. The fourth-order valence-corrected chi connectivity index (χ4v) is 3.25. The maximum Gasteiger partial charge on any atom is 0.472 e. The number of carbonyl (C=O) groups excluding carboxylic acids is 3. The molecule has 0 aromatic heterocycles. The van der Waals surface area contributed by atoms with E-state index in [1.165, 1.54) is 6.92 Å². The average molecular weight is 412 g/mol. The Hall–Kier alpha value is -1.52. The van der Waals surface area contributed by atoms with Gasteiger partial charge in [0.25, 0.3) is 0 Å². The van der Waals surface area contributed by atoms with Crippen LogP contribution in [0.1, 0.15) is 34.6 Å². The van der Waals surface area contributed by atoms with Crippen molar-refractivity contribution in [2.75, 3.05) is 6.61 Å². The molecule has 0 saturated carbocycles. The first-order valence-corrected chi connectivity index (χ1v) is 9.72. The number of phosphoric acid groups is 1. The van der Waals surface area contributed by atoms with Crippen molar-refractivity contribution >= 4 is 25.7 Å². The zero-order valence-corrected chi connectivity index (χ0v) is 16.6. The van der Waals surface area contributed by atoms with Crippen molar-refractivity contribution < 1.29 is 52.2 Å². The molecule has 6 atom stereocenters. The lowest BCUT2D eigenvalue weighted by atomic mass is 9.81. The van der Waals surface area contributed by atoms with Gasteiger partial charge in [0.15, 0.2) is 12.2 Å². The van der Waals surface area contributed by atoms with E-state index in [1.54, 1.807) is 13.8 Å². The van der Waals surface area contributed by atoms with Crippen LogP contribution in [-0.2, 0) is 42.4 Å². The second-order valence-electron chi connectivity index (χ2n) is 6.31. The van der Waals surface area contributed by atoms with E-state index < -0.39 is 62.2 Å². The van der Waals surface area contributed by atoms with Gasteiger partial charge in [-0.2, -0.15) is 0 Å². The van der Waals surface area contributed by atoms with Crippen LogP contribution in [0.2, 0.25) is 0 Å². The van der Waals surface area contributed by atoms with Crippen LogP contribution in [0.15, 0.2) is 0 Å². The molecule has 11 nitrogen and oxygen atoms in total. The zero-order chi connectivity index (χ0) is 20.9. The summed E-state index contributed by atoms with van der Waals surface area (Å²) in [6.45, 7) is 6.53. The van der Waals surface area contributed by atoms with Gasteiger partial charge in [0.2, 0.25) is 6.29 Å². The Morgan fingerprint density at radius 3 is 2.07 bits per heavy atom. The van der Waals surface area contributed by atoms with Crippen molar-refractivity contribution in [2.45, 2.75) is 59.2 Å². The smallest absolute Gasteiger partial charge is 0.462 e. The number of esters is 3. The van der Waals surface area contributed by atoms with E-state index in [0.29, 0.717) is 0 Å². The maximum atomic E-state index is 11.4. The predicted octanol–water partition coefficient (Wildman–Crippen LogP) is 0.519. The van der Waals surface area contributed by atoms with Crippen LogP contribution in [-0.4, -0.2) is 58.9 Å². The van der Waals surface area contributed by atoms with Crippen LogP contribution >= 0.6 is 7.82 Å². The van der Waals surface area contributed by atoms with Gasteiger partial charge in [0.1, 0.15) is 12.7 Å². The minimum atomic E-state index is -4.99. The molecular formula is C15H25O11P. The first kappa shape index (κ1) is 23.5. The number of phosphoric ester groups is 1. The second-order valence-corrected chi connectivity index (χ2v) is 7.50. The second kappa shape index (κ2) is 9.61. The maximum absolute atomic E-state index is 11.4. The third-order valence-corrected chi connectivity index (χ3v) is 4.59. The molecule has 0 aromatic rings. The molecule has 1 heterocycles. The highest BCUT2D eigenvalue weighted by Crippen LogP contribution is 2.44. The molecule has 0 aliphatic carbocycles. The van der Waals surface area contributed by atoms with Crippen LogP contribution in [0.3, 0.4) is 0 Å². The van der Waals surface area contributed by atoms with Gasteiger partial charge >= 0.3 is 25.7 Å². The fraction of sp³-hybridized carbons (Fsp3) is 0.800. The molecular weight excluding hydrogens is 387 g/mol. The average Bonchev–Trinajstić information content (AvgIpc) is 2.49. The molecule has 1 rings (SSSR count). The van der Waals surface area contributed by atoms with Crippen molar-refractivity contribution in [1.29, 1.82) is 0 Å². The monoisotopic (exact) mass is 412 g/mol. The molecule has 1 aliphatic rings. The summed E-state index contributed by atoms with van der Waals surface area (Å²) in [5, 5.41) is 0. The standard InChI is InChI=1S/C15H25O11P/c1-7-8(2)14(24-11(5)18)15(26-27(19,20)21)25-13(7)12(23-10(4)17)6-22-9(3)16/h7-8,12-15H,6H2,1-5H3,(H2,19,20,21)/t7-,8-,12+,13?,14?,15-/m0/s1. The summed E-state index contributed by atoms with van der Waals surface area (Å²) in [5.41, 5.74) is 0. The Morgan fingerprint density at radius 1 is 1.04 bits per heavy atom. The molecule has 12 heteroatoms. The Labute approximate surface area is 156 Å². The number of hydrogen-bond acceptors (Lipinski definition) is 9. The lowest BCUT2D eigenvalue weighted by Crippen LogP contribution is -2.56. The van der Waals surface area contributed by atoms with Crippen LogP contribution < -0.4 is 0 Å². The SMILES string of the molecule is CC(=O)OC[C@@H](OC(C)=O)C1O[C@@H](OP(=O)(O)O)C(OC(C)=O)[C@@H](C)[C@@H]1C. The summed E-state index contributed by atoms with van der Waals surface area (Å²) in [6.07, 6.45) is -4.70. The van der Waals surface area contributed by atoms with E-state index in [9.17, 15) is 18.9 Å². The number of ether oxygens (including phenoxy) is 4. The third-order valence-electron chi connectivity index (χ3n) is 4.10. The Morgan fingerprint density at radius 2 is 1.63 bits per heavy atom. The topological polar surface area (TPSA) is 155 Å². The summed E-state index contributed by atoms with van der Waals surface area (Å²) >= 11 is 0. The Balaban J connectivity index is 3.13. The molecule has 156 valence electrons. The third kappa shape index (κ3) is 7.55. The van der Waals surface area contributed by atoms with E-state index >= 15 is 0 Å². The summed E-state index contributed by atoms with van der Waals surface area (Å²) in [6, 6.07) is 0. The summed E-state index contributed by atoms with van der Waals surface area (Å²) in [5.74, 6) is -2.85. The van der Waals surface area contributed by atoms with Gasteiger partial charge in [-0.1, -0.05) is 13.8 Å². The van der Waals surface area contributed by atoms with Gasteiger partial charge in [0.05, 0.1) is 0 Å². The number of carbonyl (C=O) groups is 3. The van der Waals surface area contributed by atoms with Gasteiger partial charge < -0.3 is 28.7 Å². The zero-order valence-electron chi connectivity index (χ0n) is 15.7. The van der Waals surface area contributed by atoms with Crippen LogP contribution in [0.4, 0.5) is 0 Å². The van der Waals surface area contributed by atoms with E-state index in [2.05, 4.69) is 4.52 Å². The Kier molecular flexibility index (Phi) is 8.37. The lowest BCUT2D eigenvalue weighted by Gasteiger charge is -2.45. The molecule has 0 spiro atoms. The minimum Gasteiger partial charge on any atom is -0.462 e. The minimum absolute atomic E-state index is 0.322. The number of rotatable bonds is 7. The van der Waals surface area contributed by atoms with E-state index in [-0.39, 0.29) is 6.61 Å². The largest absolute Gasteiger partial charge is 0.472 e. The molecule has 2 unspecified atom stereocenters. The normalized spacial score (nSPS) is 29.5. The summed E-state index contributed by atoms with van der Waals surface area (Å²) in [4.78, 5) is 52.1. The Bertz CT molecular complexity index is 601. The number of hydrogen-bond donors (Lipinski definition) is 2. The van der Waals surface area contributed by atoms with Crippen molar-refractivity contribution in [3.8, 4) is 0 Å². The molecule has 27 heavy (non-hydrogen) atoms. The first-order valence-electron chi connectivity index (χ1n) is 8.19. The van der Waals surface area contributed by atoms with Gasteiger partial charge in [0, 0.05) is 26.7 Å². The van der Waals surface area contributed by atoms with Crippen molar-refractivity contribution in [3.63, 3.8) is 0 Å². The van der Waals surface area contributed by atoms with Crippen LogP contribution in [0.5, 0.6) is 0 Å². The molecule has 1 fully saturated rings. The highest BCUT2D eigenvalue weighted by molar-refractivity contribution is 7.46. The van der Waals surface area contributed by atoms with Gasteiger partial charge in [-0.25, -0.2) is 4.57 Å². The van der Waals surface area contributed by atoms with E-state index in [1.807, 2.05) is 0 Å². The van der Waals surface area contributed by atoms with E-state index in [4.69, 9.17) is 28.7 Å². The van der Waals surface area contributed by atoms with Crippen molar-refractivity contribution in [1.82, 2.24) is 0 Å². The van der Waals surface area contributed by atoms with Crippen molar-refractivity contribution in [3.05, 3.63) is 0 Å². The van der Waals surface area contributed by atoms with Gasteiger partial charge in [-0.3, -0.25) is 18.9 Å². The lowest BCUT2D eigenvalue weighted by molar-refractivity contribution is -0.271. The van der Waals surface area contributed by atoms with Crippen molar-refractivity contribution in [2.24, 2.45) is 11.8 Å². The highest BCUT2D eigenvalue weighted by Gasteiger charge is 2.49. The highest BCUT2D eigenvalue weighted by atomic mass is 31.2. The predicted molar refractivity (Wildman–Crippen MR) is 87.9 cm³/mol. The van der Waals surface area contributed by atoms with Crippen LogP contribution in [0.25, 0.3) is 0 Å². The molecule has 0 amide bonds. The molecule has 0 bridgehead atoms. The summed E-state index contributed by atoms with van der Waals surface area (Å²) < 4.78 is 36.7. The molecule has 2 N–H and O–H groups in total. The van der Waals surface area contributed by atoms with E-state index in [0.717, 1.165) is 13.8 Å². The van der Waals surface area contributed by atoms with Gasteiger partial charge in [-0.15, -0.1) is 0 Å². The fourth-order valence-electron chi connectivity index (χ4n) is 2.81. The van der Waals surface area contributed by atoms with Gasteiger partial charge in [-0.05, 0) is 5.92 Å². The molecule has 1 saturated heterocycles. The first-order chi connectivity index (χ1) is 12.3. The molecule has 0 radical (unpaired) electrons.